The summed E-state index contributed by atoms with van der Waals surface area (Å²) in [5, 5.41) is 0. The molecule has 1 aliphatic heterocycles. The summed E-state index contributed by atoms with van der Waals surface area (Å²) in [4.78, 5) is 11.8. The van der Waals surface area contributed by atoms with E-state index in [0.717, 1.165) is 38.4 Å². The number of nitrogens with one attached hydrogen (secondary N) is 1. The summed E-state index contributed by atoms with van der Waals surface area (Å²) >= 11 is 1.63. The van der Waals surface area contributed by atoms with Gasteiger partial charge in [-0.2, -0.15) is 4.98 Å². The number of nitrogens with two attached hydrogens (primary N) is 1. The van der Waals surface area contributed by atoms with Crippen LogP contribution in [0.25, 0.3) is 0 Å². The van der Waals surface area contributed by atoms with Gasteiger partial charge in [0.15, 0.2) is 0 Å². The van der Waals surface area contributed by atoms with Crippen molar-refractivity contribution in [3.8, 4) is 5.88 Å². The Hall–Kier alpha value is -1.90. The third kappa shape index (κ3) is 3.85. The van der Waals surface area contributed by atoms with E-state index in [1.54, 1.807) is 11.3 Å². The van der Waals surface area contributed by atoms with Crippen LogP contribution in [0.5, 0.6) is 5.88 Å². The second kappa shape index (κ2) is 7.39. The van der Waals surface area contributed by atoms with Gasteiger partial charge in [0, 0.05) is 48.4 Å². The fraction of sp³-hybridized carbons (Fsp3) is 0.429. The van der Waals surface area contributed by atoms with Crippen molar-refractivity contribution >= 4 is 22.8 Å². The molecule has 0 spiro atoms. The Morgan fingerprint density at radius 2 is 2.23 bits per heavy atom. The molecule has 0 aromatic carbocycles. The first-order valence-corrected chi connectivity index (χ1v) is 8.04. The average molecular weight is 321 g/mol. The van der Waals surface area contributed by atoms with Gasteiger partial charge in [0.1, 0.15) is 5.82 Å². The molecule has 1 saturated heterocycles. The van der Waals surface area contributed by atoms with E-state index in [-0.39, 0.29) is 0 Å². The quantitative estimate of drug-likeness (QED) is 0.612. The number of hydrazine groups is 1. The molecule has 118 valence electrons. The highest BCUT2D eigenvalue weighted by molar-refractivity contribution is 7.09. The lowest BCUT2D eigenvalue weighted by atomic mass is 10.3. The monoisotopic (exact) mass is 321 g/mol. The summed E-state index contributed by atoms with van der Waals surface area (Å²) in [6.07, 6.45) is 2.68. The zero-order valence-electron chi connectivity index (χ0n) is 12.2. The fourth-order valence-corrected chi connectivity index (χ4v) is 2.85. The van der Waals surface area contributed by atoms with E-state index in [1.165, 1.54) is 4.88 Å². The molecule has 0 saturated carbocycles. The number of nitrogens with zero attached hydrogens (tertiary/aromatic N) is 3. The largest absolute Gasteiger partial charge is 0.477 e. The summed E-state index contributed by atoms with van der Waals surface area (Å²) in [7, 11) is 0. The van der Waals surface area contributed by atoms with Crippen LogP contribution in [0.1, 0.15) is 4.88 Å². The van der Waals surface area contributed by atoms with Crippen molar-refractivity contribution in [1.29, 1.82) is 0 Å². The Kier molecular flexibility index (Phi) is 5.04. The van der Waals surface area contributed by atoms with Crippen molar-refractivity contribution in [2.75, 3.05) is 43.2 Å². The van der Waals surface area contributed by atoms with Crippen molar-refractivity contribution < 1.29 is 9.47 Å². The zero-order chi connectivity index (χ0) is 15.2. The second-order valence-corrected chi connectivity index (χ2v) is 5.83. The lowest BCUT2D eigenvalue weighted by Crippen LogP contribution is -2.36. The number of aromatic nitrogens is 2. The SMILES string of the molecule is NNc1cc(N2CCOCC2)cc(OCCc2cncs2)n1. The minimum atomic E-state index is 0.561. The number of anilines is 2. The van der Waals surface area contributed by atoms with Crippen LogP contribution < -0.4 is 20.9 Å². The lowest BCUT2D eigenvalue weighted by molar-refractivity contribution is 0.122. The van der Waals surface area contributed by atoms with Gasteiger partial charge < -0.3 is 19.8 Å². The van der Waals surface area contributed by atoms with Gasteiger partial charge in [-0.25, -0.2) is 5.84 Å². The average Bonchev–Trinajstić information content (AvgIpc) is 3.09. The standard InChI is InChI=1S/C14H19N5O2S/c15-18-13-7-11(19-2-5-20-6-3-19)8-14(17-13)21-4-1-12-9-16-10-22-12/h7-10H,1-6,15H2,(H,17,18). The van der Waals surface area contributed by atoms with Crippen LogP contribution >= 0.6 is 11.3 Å². The number of thiazole rings is 1. The van der Waals surface area contributed by atoms with Gasteiger partial charge in [0.2, 0.25) is 5.88 Å². The highest BCUT2D eigenvalue weighted by Gasteiger charge is 2.14. The molecule has 0 aliphatic carbocycles. The topological polar surface area (TPSA) is 85.5 Å². The van der Waals surface area contributed by atoms with Crippen LogP contribution in [-0.4, -0.2) is 42.9 Å². The van der Waals surface area contributed by atoms with E-state index in [2.05, 4.69) is 20.3 Å². The van der Waals surface area contributed by atoms with E-state index >= 15 is 0 Å². The Balaban J connectivity index is 1.66. The summed E-state index contributed by atoms with van der Waals surface area (Å²) in [5.74, 6) is 6.67. The summed E-state index contributed by atoms with van der Waals surface area (Å²) in [6, 6.07) is 3.86. The molecule has 22 heavy (non-hydrogen) atoms. The van der Waals surface area contributed by atoms with Crippen LogP contribution in [0.15, 0.2) is 23.8 Å². The molecule has 2 aromatic rings. The van der Waals surface area contributed by atoms with Gasteiger partial charge in [0.25, 0.3) is 0 Å². The molecular weight excluding hydrogens is 302 g/mol. The number of ether oxygens (including phenoxy) is 2. The molecule has 0 amide bonds. The van der Waals surface area contributed by atoms with E-state index in [1.807, 2.05) is 23.8 Å². The minimum absolute atomic E-state index is 0.561. The highest BCUT2D eigenvalue weighted by Crippen LogP contribution is 2.24. The van der Waals surface area contributed by atoms with Gasteiger partial charge in [-0.3, -0.25) is 4.98 Å². The summed E-state index contributed by atoms with van der Waals surface area (Å²) < 4.78 is 11.1. The molecule has 0 radical (unpaired) electrons. The van der Waals surface area contributed by atoms with E-state index in [0.29, 0.717) is 18.3 Å². The molecule has 1 fully saturated rings. The van der Waals surface area contributed by atoms with Gasteiger partial charge in [-0.15, -0.1) is 11.3 Å². The van der Waals surface area contributed by atoms with Crippen molar-refractivity contribution in [2.45, 2.75) is 6.42 Å². The van der Waals surface area contributed by atoms with Crippen molar-refractivity contribution in [2.24, 2.45) is 5.84 Å². The van der Waals surface area contributed by atoms with Gasteiger partial charge in [-0.05, 0) is 0 Å². The first-order valence-electron chi connectivity index (χ1n) is 7.17. The molecule has 0 bridgehead atoms. The van der Waals surface area contributed by atoms with Crippen LogP contribution in [0, 0.1) is 0 Å². The summed E-state index contributed by atoms with van der Waals surface area (Å²) in [5.41, 5.74) is 5.46. The maximum atomic E-state index is 5.77. The molecule has 3 heterocycles. The van der Waals surface area contributed by atoms with Gasteiger partial charge in [0.05, 0.1) is 25.3 Å². The van der Waals surface area contributed by atoms with Crippen molar-refractivity contribution in [3.63, 3.8) is 0 Å². The molecule has 3 N–H and O–H groups in total. The predicted octanol–water partition coefficient (Wildman–Crippen LogP) is 1.28. The van der Waals surface area contributed by atoms with E-state index in [9.17, 15) is 0 Å². The first-order chi connectivity index (χ1) is 10.8. The van der Waals surface area contributed by atoms with Crippen LogP contribution in [-0.2, 0) is 11.2 Å². The maximum absolute atomic E-state index is 5.77. The van der Waals surface area contributed by atoms with Gasteiger partial charge >= 0.3 is 0 Å². The molecule has 3 rings (SSSR count). The third-order valence-corrected chi connectivity index (χ3v) is 4.23. The normalized spacial score (nSPS) is 14.9. The minimum Gasteiger partial charge on any atom is -0.477 e. The number of pyridine rings is 1. The number of morpholine rings is 1. The number of hydrogen-bond acceptors (Lipinski definition) is 8. The molecule has 8 heteroatoms. The molecule has 2 aromatic heterocycles. The zero-order valence-corrected chi connectivity index (χ0v) is 13.0. The first kappa shape index (κ1) is 15.0. The van der Waals surface area contributed by atoms with E-state index in [4.69, 9.17) is 15.3 Å². The molecular formula is C14H19N5O2S. The fourth-order valence-electron chi connectivity index (χ4n) is 2.27. The molecule has 0 atom stereocenters. The highest BCUT2D eigenvalue weighted by atomic mass is 32.1. The number of rotatable bonds is 6. The third-order valence-electron chi connectivity index (χ3n) is 3.39. The Morgan fingerprint density at radius 1 is 1.36 bits per heavy atom. The van der Waals surface area contributed by atoms with Crippen LogP contribution in [0.3, 0.4) is 0 Å². The lowest BCUT2D eigenvalue weighted by Gasteiger charge is -2.29. The summed E-state index contributed by atoms with van der Waals surface area (Å²) in [6.45, 7) is 3.74. The molecule has 1 aliphatic rings. The second-order valence-electron chi connectivity index (χ2n) is 4.86. The Bertz CT molecular complexity index is 587. The predicted molar refractivity (Wildman–Crippen MR) is 86.4 cm³/mol. The van der Waals surface area contributed by atoms with Crippen LogP contribution in [0.4, 0.5) is 11.5 Å². The van der Waals surface area contributed by atoms with Crippen LogP contribution in [0.2, 0.25) is 0 Å². The number of nitrogen functional groups attached to an aromatic ring is 1. The Morgan fingerprint density at radius 3 is 2.95 bits per heavy atom. The molecule has 0 unspecified atom stereocenters. The van der Waals surface area contributed by atoms with Crippen molar-refractivity contribution in [3.05, 3.63) is 28.7 Å². The maximum Gasteiger partial charge on any atom is 0.217 e. The van der Waals surface area contributed by atoms with Crippen molar-refractivity contribution in [1.82, 2.24) is 9.97 Å². The van der Waals surface area contributed by atoms with E-state index < -0.39 is 0 Å². The number of hydrogen-bond donors (Lipinski definition) is 2. The Labute approximate surface area is 133 Å². The molecule has 7 nitrogen and oxygen atoms in total. The smallest absolute Gasteiger partial charge is 0.217 e. The van der Waals surface area contributed by atoms with Gasteiger partial charge in [-0.1, -0.05) is 0 Å².